The molecule has 2 aliphatic carbocycles. The van der Waals surface area contributed by atoms with Gasteiger partial charge in [-0.25, -0.2) is 0 Å². The van der Waals surface area contributed by atoms with Crippen molar-refractivity contribution in [2.45, 2.75) is 65.4 Å². The van der Waals surface area contributed by atoms with Crippen molar-refractivity contribution in [3.63, 3.8) is 0 Å². The largest absolute Gasteiger partial charge is 0.390 e. The minimum absolute atomic E-state index is 0.362. The number of allylic oxidation sites excluding steroid dienone is 2. The van der Waals surface area contributed by atoms with Gasteiger partial charge in [0, 0.05) is 0 Å². The first kappa shape index (κ1) is 12.2. The molecule has 0 spiro atoms. The van der Waals surface area contributed by atoms with Crippen LogP contribution < -0.4 is 0 Å². The Kier molecular flexibility index (Phi) is 2.94. The Labute approximate surface area is 99.9 Å². The van der Waals surface area contributed by atoms with Gasteiger partial charge in [0.2, 0.25) is 0 Å². The molecule has 1 nitrogen and oxygen atoms in total. The summed E-state index contributed by atoms with van der Waals surface area (Å²) in [5.74, 6) is 1.24. The molecule has 3 atom stereocenters. The fourth-order valence-corrected chi connectivity index (χ4v) is 3.64. The van der Waals surface area contributed by atoms with E-state index in [-0.39, 0.29) is 0 Å². The Hall–Kier alpha value is -0.300. The van der Waals surface area contributed by atoms with Crippen molar-refractivity contribution in [1.82, 2.24) is 0 Å². The van der Waals surface area contributed by atoms with Crippen molar-refractivity contribution >= 4 is 0 Å². The minimum Gasteiger partial charge on any atom is -0.390 e. The second-order valence-corrected chi connectivity index (χ2v) is 6.72. The van der Waals surface area contributed by atoms with Crippen LogP contribution in [0.1, 0.15) is 59.8 Å². The maximum absolute atomic E-state index is 10.2. The molecule has 1 saturated carbocycles. The van der Waals surface area contributed by atoms with Gasteiger partial charge in [-0.3, -0.25) is 0 Å². The van der Waals surface area contributed by atoms with Crippen LogP contribution in [0.25, 0.3) is 0 Å². The molecule has 2 rings (SSSR count). The summed E-state index contributed by atoms with van der Waals surface area (Å²) in [6.07, 6.45) is 8.59. The van der Waals surface area contributed by atoms with Crippen molar-refractivity contribution in [1.29, 1.82) is 0 Å². The van der Waals surface area contributed by atoms with Crippen LogP contribution in [0, 0.1) is 17.3 Å². The van der Waals surface area contributed by atoms with Gasteiger partial charge < -0.3 is 5.11 Å². The van der Waals surface area contributed by atoms with E-state index in [1.165, 1.54) is 25.7 Å². The summed E-state index contributed by atoms with van der Waals surface area (Å²) in [5.41, 5.74) is 1.53. The lowest BCUT2D eigenvalue weighted by atomic mass is 9.56. The lowest BCUT2D eigenvalue weighted by Crippen LogP contribution is -2.43. The van der Waals surface area contributed by atoms with Crippen LogP contribution in [0.2, 0.25) is 0 Å². The SMILES string of the molecule is C[C@H]1CCC=C2CC[C@H](C(C)(C)O)C[C@@]21C. The Balaban J connectivity index is 2.23. The van der Waals surface area contributed by atoms with Crippen LogP contribution in [0.15, 0.2) is 11.6 Å². The van der Waals surface area contributed by atoms with E-state index in [1.807, 2.05) is 13.8 Å². The molecule has 0 aliphatic heterocycles. The first-order valence-electron chi connectivity index (χ1n) is 6.76. The quantitative estimate of drug-likeness (QED) is 0.667. The fraction of sp³-hybridized carbons (Fsp3) is 0.867. The van der Waals surface area contributed by atoms with Crippen molar-refractivity contribution in [3.05, 3.63) is 11.6 Å². The molecule has 2 aliphatic rings. The molecule has 16 heavy (non-hydrogen) atoms. The number of aliphatic hydroxyl groups is 1. The van der Waals surface area contributed by atoms with Crippen LogP contribution >= 0.6 is 0 Å². The second kappa shape index (κ2) is 3.87. The molecule has 0 amide bonds. The number of fused-ring (bicyclic) bond motifs is 1. The summed E-state index contributed by atoms with van der Waals surface area (Å²) in [6.45, 7) is 8.76. The molecule has 0 radical (unpaired) electrons. The lowest BCUT2D eigenvalue weighted by Gasteiger charge is -2.49. The summed E-state index contributed by atoms with van der Waals surface area (Å²) in [4.78, 5) is 0. The van der Waals surface area contributed by atoms with Gasteiger partial charge in [0.05, 0.1) is 5.60 Å². The third-order valence-electron chi connectivity index (χ3n) is 5.24. The van der Waals surface area contributed by atoms with Gasteiger partial charge in [-0.05, 0) is 63.2 Å². The Morgan fingerprint density at radius 3 is 2.69 bits per heavy atom. The molecule has 1 fully saturated rings. The molecule has 1 N–H and O–H groups in total. The molecule has 0 aromatic heterocycles. The van der Waals surface area contributed by atoms with E-state index in [1.54, 1.807) is 5.57 Å². The molecule has 0 aromatic rings. The number of rotatable bonds is 1. The molecular weight excluding hydrogens is 196 g/mol. The molecular formula is C15H26O. The summed E-state index contributed by atoms with van der Waals surface area (Å²) in [5, 5.41) is 10.2. The smallest absolute Gasteiger partial charge is 0.0620 e. The highest BCUT2D eigenvalue weighted by Crippen LogP contribution is 2.53. The minimum atomic E-state index is -0.508. The number of hydrogen-bond acceptors (Lipinski definition) is 1. The zero-order valence-corrected chi connectivity index (χ0v) is 11.2. The summed E-state index contributed by atoms with van der Waals surface area (Å²) < 4.78 is 0. The van der Waals surface area contributed by atoms with Gasteiger partial charge >= 0.3 is 0 Å². The second-order valence-electron chi connectivity index (χ2n) is 6.72. The standard InChI is InChI=1S/C15H26O/c1-11-6-5-7-12-8-9-13(14(2,3)16)10-15(11,12)4/h7,11,13,16H,5-6,8-10H2,1-4H3/t11-,13-,15+/m0/s1. The third-order valence-corrected chi connectivity index (χ3v) is 5.24. The van der Waals surface area contributed by atoms with E-state index in [9.17, 15) is 5.11 Å². The fourth-order valence-electron chi connectivity index (χ4n) is 3.64. The zero-order valence-electron chi connectivity index (χ0n) is 11.2. The van der Waals surface area contributed by atoms with E-state index in [4.69, 9.17) is 0 Å². The molecule has 92 valence electrons. The topological polar surface area (TPSA) is 20.2 Å². The van der Waals surface area contributed by atoms with Crippen molar-refractivity contribution in [3.8, 4) is 0 Å². The van der Waals surface area contributed by atoms with Gasteiger partial charge in [0.25, 0.3) is 0 Å². The van der Waals surface area contributed by atoms with Crippen LogP contribution in [0.5, 0.6) is 0 Å². The van der Waals surface area contributed by atoms with Crippen molar-refractivity contribution in [2.24, 2.45) is 17.3 Å². The Bertz CT molecular complexity index is 297. The van der Waals surface area contributed by atoms with Crippen molar-refractivity contribution < 1.29 is 5.11 Å². The van der Waals surface area contributed by atoms with Gasteiger partial charge in [-0.2, -0.15) is 0 Å². The van der Waals surface area contributed by atoms with Crippen LogP contribution in [0.3, 0.4) is 0 Å². The Morgan fingerprint density at radius 1 is 1.38 bits per heavy atom. The van der Waals surface area contributed by atoms with Crippen molar-refractivity contribution in [2.75, 3.05) is 0 Å². The molecule has 0 aromatic carbocycles. The Morgan fingerprint density at radius 2 is 2.06 bits per heavy atom. The maximum atomic E-state index is 10.2. The monoisotopic (exact) mass is 222 g/mol. The van der Waals surface area contributed by atoms with E-state index >= 15 is 0 Å². The first-order chi connectivity index (χ1) is 7.34. The first-order valence-corrected chi connectivity index (χ1v) is 6.76. The predicted octanol–water partition coefficient (Wildman–Crippen LogP) is 3.92. The van der Waals surface area contributed by atoms with E-state index in [0.717, 1.165) is 12.3 Å². The number of hydrogen-bond donors (Lipinski definition) is 1. The third kappa shape index (κ3) is 1.95. The molecule has 0 saturated heterocycles. The maximum Gasteiger partial charge on any atom is 0.0620 e. The zero-order chi connectivity index (χ0) is 12.0. The van der Waals surface area contributed by atoms with Crippen LogP contribution in [0.4, 0.5) is 0 Å². The molecule has 1 heteroatoms. The van der Waals surface area contributed by atoms with Crippen LogP contribution in [-0.2, 0) is 0 Å². The van der Waals surface area contributed by atoms with E-state index in [0.29, 0.717) is 11.3 Å². The average Bonchev–Trinajstić information content (AvgIpc) is 2.17. The summed E-state index contributed by atoms with van der Waals surface area (Å²) in [7, 11) is 0. The van der Waals surface area contributed by atoms with E-state index < -0.39 is 5.60 Å². The average molecular weight is 222 g/mol. The summed E-state index contributed by atoms with van der Waals surface area (Å²) in [6, 6.07) is 0. The van der Waals surface area contributed by atoms with Gasteiger partial charge in [0.15, 0.2) is 0 Å². The van der Waals surface area contributed by atoms with Gasteiger partial charge in [-0.1, -0.05) is 25.5 Å². The van der Waals surface area contributed by atoms with E-state index in [2.05, 4.69) is 19.9 Å². The predicted molar refractivity (Wildman–Crippen MR) is 68.2 cm³/mol. The van der Waals surface area contributed by atoms with Crippen LogP contribution in [-0.4, -0.2) is 10.7 Å². The summed E-state index contributed by atoms with van der Waals surface area (Å²) >= 11 is 0. The highest BCUT2D eigenvalue weighted by Gasteiger charge is 2.44. The normalized spacial score (nSPS) is 40.2. The molecule has 0 bridgehead atoms. The highest BCUT2D eigenvalue weighted by molar-refractivity contribution is 5.21. The molecule has 0 heterocycles. The molecule has 0 unspecified atom stereocenters. The van der Waals surface area contributed by atoms with Gasteiger partial charge in [-0.15, -0.1) is 0 Å². The van der Waals surface area contributed by atoms with Gasteiger partial charge in [0.1, 0.15) is 0 Å². The highest BCUT2D eigenvalue weighted by atomic mass is 16.3. The lowest BCUT2D eigenvalue weighted by molar-refractivity contribution is -0.0245.